The van der Waals surface area contributed by atoms with Crippen LogP contribution in [0, 0.1) is 5.92 Å². The number of carboxylic acid groups (broad SMARTS) is 2. The van der Waals surface area contributed by atoms with Crippen molar-refractivity contribution in [3.8, 4) is 0 Å². The van der Waals surface area contributed by atoms with E-state index in [4.69, 9.17) is 0 Å². The van der Waals surface area contributed by atoms with Crippen molar-refractivity contribution in [2.24, 2.45) is 5.92 Å². The lowest BCUT2D eigenvalue weighted by molar-refractivity contribution is -0.318. The lowest BCUT2D eigenvalue weighted by Crippen LogP contribution is -2.43. The second kappa shape index (κ2) is 3.55. The fourth-order valence-electron chi connectivity index (χ4n) is 0.324. The SMILES string of the molecule is C[C@H](C(=O)[O-])[C@@H](Br)C(=O)[O-]. The molecule has 0 aromatic heterocycles. The maximum atomic E-state index is 10.0. The predicted octanol–water partition coefficient (Wildman–Crippen LogP) is -2.11. The molecule has 0 N–H and O–H groups in total. The van der Waals surface area contributed by atoms with Gasteiger partial charge in [0, 0.05) is 11.9 Å². The molecule has 0 aromatic rings. The van der Waals surface area contributed by atoms with Gasteiger partial charge in [-0.15, -0.1) is 0 Å². The third-order valence-corrected chi connectivity index (χ3v) is 2.20. The highest BCUT2D eigenvalue weighted by atomic mass is 79.9. The minimum absolute atomic E-state index is 1.08. The largest absolute Gasteiger partial charge is 0.550 e. The Morgan fingerprint density at radius 2 is 1.70 bits per heavy atom. The van der Waals surface area contributed by atoms with Gasteiger partial charge in [-0.25, -0.2) is 0 Å². The third-order valence-electron chi connectivity index (χ3n) is 1.04. The molecule has 0 rings (SSSR count). The zero-order valence-corrected chi connectivity index (χ0v) is 6.75. The topological polar surface area (TPSA) is 80.3 Å². The average Bonchev–Trinajstić information content (AvgIpc) is 1.84. The molecule has 0 spiro atoms. The first-order valence-corrected chi connectivity index (χ1v) is 3.44. The minimum Gasteiger partial charge on any atom is -0.550 e. The van der Waals surface area contributed by atoms with E-state index in [-0.39, 0.29) is 0 Å². The molecule has 58 valence electrons. The fourth-order valence-corrected chi connectivity index (χ4v) is 0.539. The van der Waals surface area contributed by atoms with Gasteiger partial charge in [0.2, 0.25) is 0 Å². The molecule has 2 atom stereocenters. The summed E-state index contributed by atoms with van der Waals surface area (Å²) in [4.78, 5) is 18.8. The number of carboxylic acids is 2. The van der Waals surface area contributed by atoms with E-state index >= 15 is 0 Å². The first-order chi connectivity index (χ1) is 4.46. The molecular weight excluding hydrogens is 204 g/mol. The minimum atomic E-state index is -1.45. The van der Waals surface area contributed by atoms with Gasteiger partial charge in [-0.05, 0) is 0 Å². The first kappa shape index (κ1) is 9.42. The zero-order chi connectivity index (χ0) is 8.31. The van der Waals surface area contributed by atoms with Crippen LogP contribution >= 0.6 is 15.9 Å². The highest BCUT2D eigenvalue weighted by Crippen LogP contribution is 2.10. The van der Waals surface area contributed by atoms with Crippen molar-refractivity contribution in [3.05, 3.63) is 0 Å². The molecule has 0 aromatic carbocycles. The van der Waals surface area contributed by atoms with Crippen LogP contribution in [0.5, 0.6) is 0 Å². The summed E-state index contributed by atoms with van der Waals surface area (Å²) in [6, 6.07) is 0. The Morgan fingerprint density at radius 1 is 1.30 bits per heavy atom. The molecule has 0 saturated carbocycles. The molecule has 5 heteroatoms. The third kappa shape index (κ3) is 2.34. The van der Waals surface area contributed by atoms with Crippen molar-refractivity contribution in [1.29, 1.82) is 0 Å². The summed E-state index contributed by atoms with van der Waals surface area (Å²) in [6.07, 6.45) is 0. The van der Waals surface area contributed by atoms with Gasteiger partial charge in [0.05, 0.1) is 10.8 Å². The summed E-state index contributed by atoms with van der Waals surface area (Å²) < 4.78 is 0. The lowest BCUT2D eigenvalue weighted by Gasteiger charge is -2.19. The van der Waals surface area contributed by atoms with Crippen molar-refractivity contribution < 1.29 is 19.8 Å². The molecule has 0 fully saturated rings. The molecule has 10 heavy (non-hydrogen) atoms. The van der Waals surface area contributed by atoms with Crippen molar-refractivity contribution in [3.63, 3.8) is 0 Å². The molecule has 0 bridgehead atoms. The van der Waals surface area contributed by atoms with Crippen LogP contribution < -0.4 is 10.2 Å². The number of rotatable bonds is 3. The normalized spacial score (nSPS) is 15.8. The second-order valence-corrected chi connectivity index (χ2v) is 2.82. The number of carbonyl (C=O) groups is 2. The van der Waals surface area contributed by atoms with Crippen LogP contribution in [0.25, 0.3) is 0 Å². The summed E-state index contributed by atoms with van der Waals surface area (Å²) >= 11 is 2.63. The van der Waals surface area contributed by atoms with Crippen LogP contribution in [0.3, 0.4) is 0 Å². The second-order valence-electron chi connectivity index (χ2n) is 1.83. The number of aliphatic carboxylic acids is 2. The standard InChI is InChI=1S/C5H7BrO4/c1-2(4(7)8)3(6)5(9)10/h2-3H,1H3,(H,7,8)(H,9,10)/p-2/t2-,3+/m0/s1. The smallest absolute Gasteiger partial charge is 0.0618 e. The Morgan fingerprint density at radius 3 is 1.80 bits per heavy atom. The van der Waals surface area contributed by atoms with Gasteiger partial charge in [0.1, 0.15) is 0 Å². The van der Waals surface area contributed by atoms with E-state index in [1.807, 2.05) is 0 Å². The Balaban J connectivity index is 4.07. The molecule has 0 aliphatic carbocycles. The van der Waals surface area contributed by atoms with E-state index in [0.29, 0.717) is 0 Å². The highest BCUT2D eigenvalue weighted by molar-refractivity contribution is 9.10. The van der Waals surface area contributed by atoms with Crippen molar-refractivity contribution in [1.82, 2.24) is 0 Å². The summed E-state index contributed by atoms with van der Waals surface area (Å²) in [7, 11) is 0. The van der Waals surface area contributed by atoms with Crippen LogP contribution in [0.2, 0.25) is 0 Å². The van der Waals surface area contributed by atoms with Gasteiger partial charge in [-0.1, -0.05) is 22.9 Å². The fraction of sp³-hybridized carbons (Fsp3) is 0.600. The quantitative estimate of drug-likeness (QED) is 0.498. The van der Waals surface area contributed by atoms with Gasteiger partial charge in [-0.3, -0.25) is 0 Å². The summed E-state index contributed by atoms with van der Waals surface area (Å²) in [6.45, 7) is 1.23. The van der Waals surface area contributed by atoms with Crippen LogP contribution in [-0.4, -0.2) is 16.8 Å². The molecule has 0 heterocycles. The predicted molar refractivity (Wildman–Crippen MR) is 31.9 cm³/mol. The Labute approximate surface area is 66.0 Å². The van der Waals surface area contributed by atoms with E-state index in [0.717, 1.165) is 0 Å². The van der Waals surface area contributed by atoms with Crippen molar-refractivity contribution in [2.75, 3.05) is 0 Å². The Hall–Kier alpha value is -0.580. The van der Waals surface area contributed by atoms with Gasteiger partial charge in [-0.2, -0.15) is 0 Å². The number of hydrogen-bond donors (Lipinski definition) is 0. The van der Waals surface area contributed by atoms with Crippen molar-refractivity contribution in [2.45, 2.75) is 11.8 Å². The average molecular weight is 209 g/mol. The Bertz CT molecular complexity index is 138. The van der Waals surface area contributed by atoms with E-state index in [1.54, 1.807) is 0 Å². The molecule has 4 nitrogen and oxygen atoms in total. The summed E-state index contributed by atoms with van der Waals surface area (Å²) in [5.74, 6) is -3.94. The maximum Gasteiger partial charge on any atom is 0.0618 e. The first-order valence-electron chi connectivity index (χ1n) is 2.52. The van der Waals surface area contributed by atoms with E-state index < -0.39 is 22.7 Å². The van der Waals surface area contributed by atoms with Gasteiger partial charge in [0.15, 0.2) is 0 Å². The highest BCUT2D eigenvalue weighted by Gasteiger charge is 2.15. The van der Waals surface area contributed by atoms with Crippen LogP contribution in [0.4, 0.5) is 0 Å². The maximum absolute atomic E-state index is 10.0. The number of halogens is 1. The number of carbonyl (C=O) groups excluding carboxylic acids is 2. The molecule has 0 aliphatic rings. The van der Waals surface area contributed by atoms with E-state index in [2.05, 4.69) is 15.9 Å². The number of alkyl halides is 1. The van der Waals surface area contributed by atoms with Gasteiger partial charge >= 0.3 is 0 Å². The monoisotopic (exact) mass is 208 g/mol. The van der Waals surface area contributed by atoms with Crippen LogP contribution in [0.1, 0.15) is 6.92 Å². The van der Waals surface area contributed by atoms with Gasteiger partial charge in [0.25, 0.3) is 0 Å². The van der Waals surface area contributed by atoms with Gasteiger partial charge < -0.3 is 19.8 Å². The molecule has 0 unspecified atom stereocenters. The van der Waals surface area contributed by atoms with E-state index in [1.165, 1.54) is 6.92 Å². The Kier molecular flexibility index (Phi) is 3.35. The number of hydrogen-bond acceptors (Lipinski definition) is 4. The summed E-state index contributed by atoms with van der Waals surface area (Å²) in [5.41, 5.74) is 0. The molecular formula is C5H5BrO4-2. The van der Waals surface area contributed by atoms with Crippen LogP contribution in [-0.2, 0) is 9.59 Å². The molecule has 0 radical (unpaired) electrons. The summed E-state index contributed by atoms with van der Waals surface area (Å²) in [5, 5.41) is 20.0. The molecule has 0 saturated heterocycles. The van der Waals surface area contributed by atoms with Crippen LogP contribution in [0.15, 0.2) is 0 Å². The molecule has 0 aliphatic heterocycles. The lowest BCUT2D eigenvalue weighted by atomic mass is 10.1. The zero-order valence-electron chi connectivity index (χ0n) is 5.17. The molecule has 0 amide bonds. The van der Waals surface area contributed by atoms with E-state index in [9.17, 15) is 19.8 Å². The van der Waals surface area contributed by atoms with Crippen molar-refractivity contribution >= 4 is 27.9 Å².